The van der Waals surface area contributed by atoms with E-state index in [0.717, 1.165) is 22.8 Å². The lowest BCUT2D eigenvalue weighted by Gasteiger charge is -2.27. The van der Waals surface area contributed by atoms with Crippen LogP contribution in [0, 0.1) is 0 Å². The average molecular weight is 363 g/mol. The van der Waals surface area contributed by atoms with Gasteiger partial charge in [-0.2, -0.15) is 0 Å². The summed E-state index contributed by atoms with van der Waals surface area (Å²) in [4.78, 5) is 12.2. The highest BCUT2D eigenvalue weighted by molar-refractivity contribution is 7.80. The van der Waals surface area contributed by atoms with E-state index < -0.39 is 0 Å². The fraction of sp³-hybridized carbons (Fsp3) is 0.200. The zero-order valence-electron chi connectivity index (χ0n) is 14.8. The minimum Gasteiger partial charge on any atom is -0.378 e. The number of hydrogen-bond acceptors (Lipinski definition) is 3. The summed E-state index contributed by atoms with van der Waals surface area (Å²) in [5.74, 6) is 0. The summed E-state index contributed by atoms with van der Waals surface area (Å²) in [6, 6.07) is 18.5. The number of thiocarbonyl (C=S) groups is 1. The lowest BCUT2D eigenvalue weighted by atomic mass is 10.0. The van der Waals surface area contributed by atoms with Gasteiger partial charge in [0.05, 0.1) is 11.7 Å². The molecule has 2 atom stereocenters. The molecule has 3 aromatic rings. The summed E-state index contributed by atoms with van der Waals surface area (Å²) >= 11 is 5.70. The van der Waals surface area contributed by atoms with Crippen LogP contribution in [-0.4, -0.2) is 29.2 Å². The lowest BCUT2D eigenvalue weighted by Crippen LogP contribution is -2.29. The Hall–Kier alpha value is -2.86. The van der Waals surface area contributed by atoms with E-state index in [1.54, 1.807) is 0 Å². The molecule has 4 rings (SSSR count). The van der Waals surface area contributed by atoms with Crippen molar-refractivity contribution < 1.29 is 0 Å². The van der Waals surface area contributed by atoms with Crippen molar-refractivity contribution in [1.29, 1.82) is 0 Å². The largest absolute Gasteiger partial charge is 0.378 e. The van der Waals surface area contributed by atoms with Crippen LogP contribution in [0.4, 0.5) is 11.4 Å². The number of rotatable bonds is 4. The zero-order chi connectivity index (χ0) is 18.1. The maximum atomic E-state index is 5.70. The molecule has 0 unspecified atom stereocenters. The van der Waals surface area contributed by atoms with Crippen molar-refractivity contribution in [3.8, 4) is 0 Å². The Morgan fingerprint density at radius 1 is 1.04 bits per heavy atom. The first-order valence-electron chi connectivity index (χ1n) is 8.56. The van der Waals surface area contributed by atoms with Crippen molar-refractivity contribution in [3.63, 3.8) is 0 Å². The number of aromatic amines is 1. The summed E-state index contributed by atoms with van der Waals surface area (Å²) in [6.45, 7) is 0. The van der Waals surface area contributed by atoms with Crippen molar-refractivity contribution in [2.24, 2.45) is 0 Å². The summed E-state index contributed by atoms with van der Waals surface area (Å²) in [7, 11) is 4.08. The molecule has 132 valence electrons. The minimum atomic E-state index is -0.0177. The molecule has 2 N–H and O–H groups in total. The van der Waals surface area contributed by atoms with Crippen LogP contribution in [0.25, 0.3) is 0 Å². The molecule has 1 saturated heterocycles. The summed E-state index contributed by atoms with van der Waals surface area (Å²) in [5.41, 5.74) is 4.29. The second-order valence-electron chi connectivity index (χ2n) is 6.53. The number of H-pyrrole nitrogens is 1. The van der Waals surface area contributed by atoms with Crippen LogP contribution in [-0.2, 0) is 0 Å². The first-order chi connectivity index (χ1) is 12.6. The molecule has 0 bridgehead atoms. The fourth-order valence-corrected chi connectivity index (χ4v) is 3.73. The van der Waals surface area contributed by atoms with E-state index in [1.807, 2.05) is 50.8 Å². The Kier molecular flexibility index (Phi) is 4.34. The SMILES string of the molecule is CN(C)c1ccc(N2C(=S)N[C@H](c3ccccn3)[C@H]2c2ccc[nH]2)cc1. The van der Waals surface area contributed by atoms with Gasteiger partial charge in [0.25, 0.3) is 0 Å². The van der Waals surface area contributed by atoms with Crippen LogP contribution in [0.5, 0.6) is 0 Å². The molecule has 2 aromatic heterocycles. The van der Waals surface area contributed by atoms with E-state index in [4.69, 9.17) is 12.2 Å². The van der Waals surface area contributed by atoms with Crippen molar-refractivity contribution >= 4 is 28.7 Å². The van der Waals surface area contributed by atoms with Gasteiger partial charge in [0, 0.05) is 43.6 Å². The number of nitrogens with one attached hydrogen (secondary N) is 2. The van der Waals surface area contributed by atoms with Gasteiger partial charge in [-0.05, 0) is 60.7 Å². The first kappa shape index (κ1) is 16.6. The Morgan fingerprint density at radius 3 is 2.46 bits per heavy atom. The van der Waals surface area contributed by atoms with Gasteiger partial charge < -0.3 is 20.1 Å². The topological polar surface area (TPSA) is 47.2 Å². The van der Waals surface area contributed by atoms with E-state index in [-0.39, 0.29) is 12.1 Å². The molecular weight excluding hydrogens is 342 g/mol. The van der Waals surface area contributed by atoms with E-state index in [1.165, 1.54) is 0 Å². The summed E-state index contributed by atoms with van der Waals surface area (Å²) in [6.07, 6.45) is 3.76. The second-order valence-corrected chi connectivity index (χ2v) is 6.92. The summed E-state index contributed by atoms with van der Waals surface area (Å²) < 4.78 is 0. The van der Waals surface area contributed by atoms with Gasteiger partial charge in [0.2, 0.25) is 0 Å². The quantitative estimate of drug-likeness (QED) is 0.693. The minimum absolute atomic E-state index is 0.0117. The van der Waals surface area contributed by atoms with Crippen LogP contribution < -0.4 is 15.1 Å². The molecule has 1 aliphatic heterocycles. The molecule has 0 saturated carbocycles. The van der Waals surface area contributed by atoms with Gasteiger partial charge in [-0.15, -0.1) is 0 Å². The van der Waals surface area contributed by atoms with Crippen molar-refractivity contribution in [2.75, 3.05) is 23.9 Å². The van der Waals surface area contributed by atoms with Gasteiger partial charge in [-0.1, -0.05) is 6.07 Å². The zero-order valence-corrected chi connectivity index (χ0v) is 15.6. The Bertz CT molecular complexity index is 874. The molecule has 5 nitrogen and oxygen atoms in total. The van der Waals surface area contributed by atoms with Crippen molar-refractivity contribution in [2.45, 2.75) is 12.1 Å². The standard InChI is InChI=1S/C20H21N5S/c1-24(2)14-8-10-15(11-9-14)25-19(17-7-5-13-22-17)18(23-20(25)26)16-6-3-4-12-21-16/h3-13,18-19,22H,1-2H3,(H,23,26)/t18-,19-/m1/s1. The molecule has 0 spiro atoms. The van der Waals surface area contributed by atoms with Gasteiger partial charge >= 0.3 is 0 Å². The third-order valence-electron chi connectivity index (χ3n) is 4.68. The van der Waals surface area contributed by atoms with Crippen LogP contribution in [0.1, 0.15) is 23.5 Å². The van der Waals surface area contributed by atoms with Crippen LogP contribution in [0.3, 0.4) is 0 Å². The summed E-state index contributed by atoms with van der Waals surface area (Å²) in [5, 5.41) is 4.17. The van der Waals surface area contributed by atoms with Crippen molar-refractivity contribution in [1.82, 2.24) is 15.3 Å². The highest BCUT2D eigenvalue weighted by Gasteiger charge is 2.41. The number of benzene rings is 1. The van der Waals surface area contributed by atoms with Crippen molar-refractivity contribution in [3.05, 3.63) is 78.4 Å². The molecule has 1 aliphatic rings. The predicted octanol–water partition coefficient (Wildman–Crippen LogP) is 3.65. The van der Waals surface area contributed by atoms with Gasteiger partial charge in [0.15, 0.2) is 5.11 Å². The molecular formula is C20H21N5S. The van der Waals surface area contributed by atoms with E-state index >= 15 is 0 Å². The van der Waals surface area contributed by atoms with Gasteiger partial charge in [-0.3, -0.25) is 4.98 Å². The molecule has 0 amide bonds. The molecule has 1 aromatic carbocycles. The molecule has 26 heavy (non-hydrogen) atoms. The molecule has 0 radical (unpaired) electrons. The number of aromatic nitrogens is 2. The highest BCUT2D eigenvalue weighted by atomic mass is 32.1. The van der Waals surface area contributed by atoms with E-state index in [9.17, 15) is 0 Å². The number of hydrogen-bond donors (Lipinski definition) is 2. The Balaban J connectivity index is 1.76. The van der Waals surface area contributed by atoms with Crippen LogP contribution >= 0.6 is 12.2 Å². The van der Waals surface area contributed by atoms with Crippen LogP contribution in [0.15, 0.2) is 67.0 Å². The van der Waals surface area contributed by atoms with E-state index in [0.29, 0.717) is 5.11 Å². The maximum absolute atomic E-state index is 5.70. The molecule has 1 fully saturated rings. The lowest BCUT2D eigenvalue weighted by molar-refractivity contribution is 0.558. The predicted molar refractivity (Wildman–Crippen MR) is 109 cm³/mol. The molecule has 0 aliphatic carbocycles. The van der Waals surface area contributed by atoms with Gasteiger partial charge in [0.1, 0.15) is 6.04 Å². The first-order valence-corrected chi connectivity index (χ1v) is 8.97. The average Bonchev–Trinajstić information content (AvgIpc) is 3.30. The monoisotopic (exact) mass is 363 g/mol. The highest BCUT2D eigenvalue weighted by Crippen LogP contribution is 2.40. The third-order valence-corrected chi connectivity index (χ3v) is 5.00. The second kappa shape index (κ2) is 6.80. The molecule has 6 heteroatoms. The number of pyridine rings is 1. The maximum Gasteiger partial charge on any atom is 0.174 e. The Morgan fingerprint density at radius 2 is 1.85 bits per heavy atom. The smallest absolute Gasteiger partial charge is 0.174 e. The number of nitrogens with zero attached hydrogens (tertiary/aromatic N) is 3. The van der Waals surface area contributed by atoms with Crippen LogP contribution in [0.2, 0.25) is 0 Å². The van der Waals surface area contributed by atoms with Gasteiger partial charge in [-0.25, -0.2) is 0 Å². The number of anilines is 2. The normalized spacial score (nSPS) is 19.5. The molecule has 3 heterocycles. The van der Waals surface area contributed by atoms with E-state index in [2.05, 4.69) is 55.4 Å². The Labute approximate surface area is 158 Å². The third kappa shape index (κ3) is 2.93. The fourth-order valence-electron chi connectivity index (χ4n) is 3.39.